The minimum absolute atomic E-state index is 0.601. The van der Waals surface area contributed by atoms with E-state index in [1.807, 2.05) is 18.2 Å². The minimum Gasteiger partial charge on any atom is -0.496 e. The van der Waals surface area contributed by atoms with Gasteiger partial charge in [-0.25, -0.2) is 4.79 Å². The van der Waals surface area contributed by atoms with Crippen LogP contribution in [0.2, 0.25) is 0 Å². The molecule has 1 amide bonds. The quantitative estimate of drug-likeness (QED) is 0.880. The average Bonchev–Trinajstić information content (AvgIpc) is 2.99. The third-order valence-corrected chi connectivity index (χ3v) is 3.77. The number of nitrogens with two attached hydrogens (primary N) is 1. The molecule has 1 aliphatic heterocycles. The number of primary amides is 1. The Kier molecular flexibility index (Phi) is 3.13. The Balaban J connectivity index is 2.23. The minimum atomic E-state index is -0.601. The van der Waals surface area contributed by atoms with Crippen molar-refractivity contribution in [3.05, 3.63) is 28.2 Å². The first-order valence-corrected chi connectivity index (χ1v) is 6.90. The molecular weight excluding hydrogens is 324 g/mol. The van der Waals surface area contributed by atoms with Crippen LogP contribution in [-0.4, -0.2) is 29.5 Å². The normalized spacial score (nSPS) is 12.9. The van der Waals surface area contributed by atoms with Crippen LogP contribution >= 0.6 is 15.9 Å². The van der Waals surface area contributed by atoms with Crippen molar-refractivity contribution in [1.82, 2.24) is 9.78 Å². The highest BCUT2D eigenvalue weighted by Gasteiger charge is 2.26. The van der Waals surface area contributed by atoms with Gasteiger partial charge in [0.05, 0.1) is 7.11 Å². The van der Waals surface area contributed by atoms with Crippen molar-refractivity contribution in [2.75, 3.05) is 19.0 Å². The second kappa shape index (κ2) is 4.82. The topological polar surface area (TPSA) is 82.2 Å². The van der Waals surface area contributed by atoms with Gasteiger partial charge in [0.15, 0.2) is 0 Å². The smallest absolute Gasteiger partial charge is 0.341 e. The van der Waals surface area contributed by atoms with E-state index in [0.29, 0.717) is 11.6 Å². The first-order chi connectivity index (χ1) is 9.61. The van der Waals surface area contributed by atoms with Gasteiger partial charge in [0.2, 0.25) is 0 Å². The number of nitrogens with zero attached hydrogens (tertiary/aromatic N) is 2. The lowest BCUT2D eigenvalue weighted by atomic mass is 10.1. The standard InChI is InChI=1S/C13H13BrN4O2/c1-20-10-3-2-7(14)6-9(10)11-8-4-5-16-12(8)18(17-11)13(15)19/h2-3,6,16H,4-5H2,1H3,(H2,15,19). The molecule has 1 aliphatic rings. The number of amides is 1. The molecular formula is C13H13BrN4O2. The molecule has 0 spiro atoms. The van der Waals surface area contributed by atoms with Crippen LogP contribution in [-0.2, 0) is 6.42 Å². The third kappa shape index (κ3) is 1.94. The van der Waals surface area contributed by atoms with Gasteiger partial charge in [-0.05, 0) is 24.6 Å². The number of benzene rings is 1. The molecule has 7 heteroatoms. The number of aromatic nitrogens is 2. The van der Waals surface area contributed by atoms with Crippen LogP contribution in [0.4, 0.5) is 10.6 Å². The fourth-order valence-corrected chi connectivity index (χ4v) is 2.78. The molecule has 1 aromatic carbocycles. The Morgan fingerprint density at radius 1 is 1.55 bits per heavy atom. The molecule has 0 radical (unpaired) electrons. The van der Waals surface area contributed by atoms with Crippen LogP contribution in [0.3, 0.4) is 0 Å². The maximum absolute atomic E-state index is 11.5. The molecule has 0 bridgehead atoms. The van der Waals surface area contributed by atoms with Crippen molar-refractivity contribution in [3.63, 3.8) is 0 Å². The van der Waals surface area contributed by atoms with E-state index < -0.39 is 6.03 Å². The number of hydrogen-bond acceptors (Lipinski definition) is 4. The summed E-state index contributed by atoms with van der Waals surface area (Å²) in [5.41, 5.74) is 7.91. The first kappa shape index (κ1) is 13.0. The van der Waals surface area contributed by atoms with Crippen LogP contribution in [0.15, 0.2) is 22.7 Å². The molecule has 3 rings (SSSR count). The highest BCUT2D eigenvalue weighted by atomic mass is 79.9. The first-order valence-electron chi connectivity index (χ1n) is 6.11. The number of methoxy groups -OCH3 is 1. The monoisotopic (exact) mass is 336 g/mol. The van der Waals surface area contributed by atoms with Gasteiger partial charge in [0, 0.05) is 22.1 Å². The molecule has 0 atom stereocenters. The van der Waals surface area contributed by atoms with Crippen molar-refractivity contribution in [1.29, 1.82) is 0 Å². The van der Waals surface area contributed by atoms with E-state index in [2.05, 4.69) is 26.3 Å². The zero-order chi connectivity index (χ0) is 14.3. The van der Waals surface area contributed by atoms with Crippen LogP contribution < -0.4 is 15.8 Å². The van der Waals surface area contributed by atoms with Crippen LogP contribution in [0.25, 0.3) is 11.3 Å². The number of fused-ring (bicyclic) bond motifs is 1. The fourth-order valence-electron chi connectivity index (χ4n) is 2.42. The number of rotatable bonds is 2. The second-order valence-electron chi connectivity index (χ2n) is 4.45. The zero-order valence-corrected chi connectivity index (χ0v) is 12.4. The van der Waals surface area contributed by atoms with Gasteiger partial charge in [0.1, 0.15) is 17.3 Å². The lowest BCUT2D eigenvalue weighted by molar-refractivity contribution is 0.248. The van der Waals surface area contributed by atoms with Crippen molar-refractivity contribution < 1.29 is 9.53 Å². The Labute approximate surface area is 124 Å². The molecule has 0 aliphatic carbocycles. The van der Waals surface area contributed by atoms with Crippen molar-refractivity contribution >= 4 is 27.8 Å². The van der Waals surface area contributed by atoms with Gasteiger partial charge in [-0.3, -0.25) is 0 Å². The Hall–Kier alpha value is -2.02. The van der Waals surface area contributed by atoms with E-state index in [0.717, 1.165) is 34.3 Å². The van der Waals surface area contributed by atoms with Crippen molar-refractivity contribution in [2.24, 2.45) is 5.73 Å². The Morgan fingerprint density at radius 2 is 2.35 bits per heavy atom. The zero-order valence-electron chi connectivity index (χ0n) is 10.8. The van der Waals surface area contributed by atoms with E-state index in [9.17, 15) is 4.79 Å². The van der Waals surface area contributed by atoms with Gasteiger partial charge in [0.25, 0.3) is 0 Å². The maximum atomic E-state index is 11.5. The summed E-state index contributed by atoms with van der Waals surface area (Å²) in [5, 5.41) is 7.47. The van der Waals surface area contributed by atoms with Crippen LogP contribution in [0.5, 0.6) is 5.75 Å². The third-order valence-electron chi connectivity index (χ3n) is 3.28. The van der Waals surface area contributed by atoms with Gasteiger partial charge < -0.3 is 15.8 Å². The highest BCUT2D eigenvalue weighted by Crippen LogP contribution is 2.38. The lowest BCUT2D eigenvalue weighted by Gasteiger charge is -2.07. The summed E-state index contributed by atoms with van der Waals surface area (Å²) < 4.78 is 7.50. The highest BCUT2D eigenvalue weighted by molar-refractivity contribution is 9.10. The molecule has 1 aromatic heterocycles. The van der Waals surface area contributed by atoms with E-state index >= 15 is 0 Å². The molecule has 2 aromatic rings. The summed E-state index contributed by atoms with van der Waals surface area (Å²) in [6.07, 6.45) is 0.799. The van der Waals surface area contributed by atoms with Gasteiger partial charge >= 0.3 is 6.03 Å². The largest absolute Gasteiger partial charge is 0.496 e. The Morgan fingerprint density at radius 3 is 3.05 bits per heavy atom. The number of anilines is 1. The number of carbonyl (C=O) groups excluding carboxylic acids is 1. The summed E-state index contributed by atoms with van der Waals surface area (Å²) in [6.45, 7) is 0.768. The predicted molar refractivity (Wildman–Crippen MR) is 79.1 cm³/mol. The number of halogens is 1. The number of carbonyl (C=O) groups is 1. The molecule has 0 saturated heterocycles. The van der Waals surface area contributed by atoms with Gasteiger partial charge in [-0.2, -0.15) is 9.78 Å². The van der Waals surface area contributed by atoms with E-state index in [1.165, 1.54) is 4.68 Å². The molecule has 104 valence electrons. The van der Waals surface area contributed by atoms with E-state index in [-0.39, 0.29) is 0 Å². The van der Waals surface area contributed by atoms with E-state index in [4.69, 9.17) is 10.5 Å². The van der Waals surface area contributed by atoms with Crippen molar-refractivity contribution in [2.45, 2.75) is 6.42 Å². The summed E-state index contributed by atoms with van der Waals surface area (Å²) in [5.74, 6) is 1.38. The summed E-state index contributed by atoms with van der Waals surface area (Å²) in [6, 6.07) is 5.07. The summed E-state index contributed by atoms with van der Waals surface area (Å²) >= 11 is 3.44. The Bertz CT molecular complexity index is 696. The molecule has 3 N–H and O–H groups in total. The van der Waals surface area contributed by atoms with E-state index in [1.54, 1.807) is 7.11 Å². The number of hydrogen-bond donors (Lipinski definition) is 2. The molecule has 0 fully saturated rings. The predicted octanol–water partition coefficient (Wildman–Crippen LogP) is 2.22. The van der Waals surface area contributed by atoms with Crippen LogP contribution in [0.1, 0.15) is 5.56 Å². The summed E-state index contributed by atoms with van der Waals surface area (Å²) in [4.78, 5) is 11.5. The summed E-state index contributed by atoms with van der Waals surface area (Å²) in [7, 11) is 1.61. The van der Waals surface area contributed by atoms with Crippen LogP contribution in [0, 0.1) is 0 Å². The number of nitrogens with one attached hydrogen (secondary N) is 1. The van der Waals surface area contributed by atoms with Gasteiger partial charge in [-0.1, -0.05) is 15.9 Å². The molecule has 2 heterocycles. The fraction of sp³-hybridized carbons (Fsp3) is 0.231. The maximum Gasteiger partial charge on any atom is 0.341 e. The molecule has 0 unspecified atom stereocenters. The SMILES string of the molecule is COc1ccc(Br)cc1-c1nn(C(N)=O)c2c1CCN2. The molecule has 0 saturated carbocycles. The second-order valence-corrected chi connectivity index (χ2v) is 5.36. The van der Waals surface area contributed by atoms with Gasteiger partial charge in [-0.15, -0.1) is 0 Å². The molecule has 6 nitrogen and oxygen atoms in total. The lowest BCUT2D eigenvalue weighted by Crippen LogP contribution is -2.22. The average molecular weight is 337 g/mol. The molecule has 20 heavy (non-hydrogen) atoms. The number of ether oxygens (including phenoxy) is 1. The van der Waals surface area contributed by atoms with Crippen molar-refractivity contribution in [3.8, 4) is 17.0 Å².